The van der Waals surface area contributed by atoms with Crippen LogP contribution in [0.2, 0.25) is 0 Å². The van der Waals surface area contributed by atoms with Gasteiger partial charge in [0.15, 0.2) is 0 Å². The van der Waals surface area contributed by atoms with E-state index in [9.17, 15) is 9.59 Å². The summed E-state index contributed by atoms with van der Waals surface area (Å²) in [6.45, 7) is 1.49. The number of thiophene rings is 1. The van der Waals surface area contributed by atoms with E-state index >= 15 is 0 Å². The molecule has 28 heavy (non-hydrogen) atoms. The first-order chi connectivity index (χ1) is 13.4. The summed E-state index contributed by atoms with van der Waals surface area (Å²) in [5, 5.41) is 17.4. The first-order valence-corrected chi connectivity index (χ1v) is 9.80. The lowest BCUT2D eigenvalue weighted by molar-refractivity contribution is -0.131. The lowest BCUT2D eigenvalue weighted by Crippen LogP contribution is -2.40. The van der Waals surface area contributed by atoms with Crippen molar-refractivity contribution in [2.24, 2.45) is 0 Å². The lowest BCUT2D eigenvalue weighted by Gasteiger charge is -2.21. The monoisotopic (exact) mass is 457 g/mol. The van der Waals surface area contributed by atoms with Gasteiger partial charge in [-0.05, 0) is 46.6 Å². The summed E-state index contributed by atoms with van der Waals surface area (Å²) >= 11 is 4.81. The van der Waals surface area contributed by atoms with Gasteiger partial charge in [-0.3, -0.25) is 9.69 Å². The Morgan fingerprint density at radius 1 is 1.36 bits per heavy atom. The summed E-state index contributed by atoms with van der Waals surface area (Å²) in [5.74, 6) is 0.125. The summed E-state index contributed by atoms with van der Waals surface area (Å²) in [4.78, 5) is 31.5. The van der Waals surface area contributed by atoms with Crippen LogP contribution in [0, 0.1) is 11.3 Å². The molecule has 1 aliphatic heterocycles. The number of benzene rings is 1. The zero-order valence-corrected chi connectivity index (χ0v) is 16.9. The molecule has 1 atom stereocenters. The van der Waals surface area contributed by atoms with E-state index < -0.39 is 17.5 Å². The fourth-order valence-electron chi connectivity index (χ4n) is 2.90. The van der Waals surface area contributed by atoms with Gasteiger partial charge in [-0.25, -0.2) is 4.79 Å². The molecular weight excluding hydrogens is 446 g/mol. The fraction of sp³-hybridized carbons (Fsp3) is 0.167. The maximum Gasteiger partial charge on any atom is 0.325 e. The Hall–Kier alpha value is -3.03. The molecule has 10 heteroatoms. The number of carbonyl (C=O) groups excluding carboxylic acids is 2. The highest BCUT2D eigenvalue weighted by Gasteiger charge is 2.49. The molecule has 8 nitrogen and oxygen atoms in total. The summed E-state index contributed by atoms with van der Waals surface area (Å²) in [6.07, 6.45) is 0. The molecule has 1 aliphatic rings. The van der Waals surface area contributed by atoms with E-state index in [4.69, 9.17) is 9.78 Å². The number of halogens is 1. The Balaban J connectivity index is 1.56. The Kier molecular flexibility index (Phi) is 4.49. The minimum atomic E-state index is -1.23. The number of hydrogen-bond acceptors (Lipinski definition) is 7. The van der Waals surface area contributed by atoms with E-state index in [-0.39, 0.29) is 12.4 Å². The van der Waals surface area contributed by atoms with Gasteiger partial charge >= 0.3 is 6.03 Å². The lowest BCUT2D eigenvalue weighted by atomic mass is 9.91. The zero-order chi connectivity index (χ0) is 19.9. The van der Waals surface area contributed by atoms with Crippen LogP contribution in [0.25, 0.3) is 10.7 Å². The summed E-state index contributed by atoms with van der Waals surface area (Å²) < 4.78 is 6.12. The third kappa shape index (κ3) is 3.08. The van der Waals surface area contributed by atoms with Crippen LogP contribution in [0.4, 0.5) is 4.79 Å². The van der Waals surface area contributed by atoms with E-state index in [0.29, 0.717) is 17.0 Å². The van der Waals surface area contributed by atoms with Gasteiger partial charge < -0.3 is 9.84 Å². The highest BCUT2D eigenvalue weighted by atomic mass is 79.9. The van der Waals surface area contributed by atoms with E-state index in [0.717, 1.165) is 14.2 Å². The van der Waals surface area contributed by atoms with Crippen LogP contribution < -0.4 is 5.32 Å². The highest BCUT2D eigenvalue weighted by Crippen LogP contribution is 2.31. The molecule has 3 heterocycles. The van der Waals surface area contributed by atoms with Crippen LogP contribution in [0.5, 0.6) is 0 Å². The number of urea groups is 1. The standard InChI is InChI=1S/C18H12BrN5O3S/c1-18(11-4-2-10(7-20)3-5-11)16(25)24(17(26)22-18)8-14-21-15(23-27-14)13-6-12(19)9-28-13/h2-6,9H,8H2,1H3,(H,22,26). The van der Waals surface area contributed by atoms with Gasteiger partial charge in [-0.15, -0.1) is 11.3 Å². The molecule has 1 aromatic carbocycles. The Morgan fingerprint density at radius 3 is 2.75 bits per heavy atom. The molecule has 3 aromatic rings. The molecular formula is C18H12BrN5O3S. The molecule has 0 saturated carbocycles. The maximum atomic E-state index is 13.0. The Labute approximate surface area is 171 Å². The number of amides is 3. The minimum Gasteiger partial charge on any atom is -0.337 e. The average molecular weight is 458 g/mol. The molecule has 0 radical (unpaired) electrons. The van der Waals surface area contributed by atoms with Gasteiger partial charge in [0.1, 0.15) is 12.1 Å². The third-order valence-electron chi connectivity index (χ3n) is 4.42. The summed E-state index contributed by atoms with van der Waals surface area (Å²) in [5.41, 5.74) is -0.173. The fourth-order valence-corrected chi connectivity index (χ4v) is 4.25. The molecule has 3 amide bonds. The van der Waals surface area contributed by atoms with Gasteiger partial charge in [0.2, 0.25) is 11.7 Å². The number of nitrogens with one attached hydrogen (secondary N) is 1. The SMILES string of the molecule is CC1(c2ccc(C#N)cc2)NC(=O)N(Cc2nc(-c3cc(Br)cs3)no2)C1=O. The topological polar surface area (TPSA) is 112 Å². The second kappa shape index (κ2) is 6.85. The second-order valence-electron chi connectivity index (χ2n) is 6.28. The number of aromatic nitrogens is 2. The Morgan fingerprint density at radius 2 is 2.11 bits per heavy atom. The highest BCUT2D eigenvalue weighted by molar-refractivity contribution is 9.10. The molecule has 2 aromatic heterocycles. The van der Waals surface area contributed by atoms with Gasteiger partial charge in [-0.1, -0.05) is 17.3 Å². The number of hydrogen-bond donors (Lipinski definition) is 1. The van der Waals surface area contributed by atoms with Crippen molar-refractivity contribution in [3.05, 3.63) is 57.2 Å². The number of imide groups is 1. The van der Waals surface area contributed by atoms with Crippen LogP contribution in [0.3, 0.4) is 0 Å². The number of nitriles is 1. The first-order valence-electron chi connectivity index (χ1n) is 8.12. The van der Waals surface area contributed by atoms with E-state index in [2.05, 4.69) is 31.4 Å². The predicted octanol–water partition coefficient (Wildman–Crippen LogP) is 3.40. The Bertz CT molecular complexity index is 1120. The van der Waals surface area contributed by atoms with Crippen LogP contribution >= 0.6 is 27.3 Å². The van der Waals surface area contributed by atoms with Gasteiger partial charge in [0.05, 0.1) is 16.5 Å². The molecule has 0 bridgehead atoms. The van der Waals surface area contributed by atoms with Gasteiger partial charge in [-0.2, -0.15) is 10.2 Å². The molecule has 0 spiro atoms. The zero-order valence-electron chi connectivity index (χ0n) is 14.5. The average Bonchev–Trinajstić information content (AvgIpc) is 3.38. The minimum absolute atomic E-state index is 0.129. The van der Waals surface area contributed by atoms with Crippen molar-refractivity contribution in [2.45, 2.75) is 19.0 Å². The van der Waals surface area contributed by atoms with Crippen molar-refractivity contribution in [1.82, 2.24) is 20.4 Å². The van der Waals surface area contributed by atoms with Crippen molar-refractivity contribution >= 4 is 39.2 Å². The van der Waals surface area contributed by atoms with Crippen molar-refractivity contribution < 1.29 is 14.1 Å². The molecule has 1 saturated heterocycles. The smallest absolute Gasteiger partial charge is 0.325 e. The molecule has 1 N–H and O–H groups in total. The first kappa shape index (κ1) is 18.3. The van der Waals surface area contributed by atoms with Crippen molar-refractivity contribution in [3.8, 4) is 16.8 Å². The molecule has 140 valence electrons. The normalized spacial score (nSPS) is 19.0. The van der Waals surface area contributed by atoms with Crippen molar-refractivity contribution in [1.29, 1.82) is 5.26 Å². The molecule has 0 aliphatic carbocycles. The van der Waals surface area contributed by atoms with E-state index in [1.807, 2.05) is 17.5 Å². The number of carbonyl (C=O) groups is 2. The number of rotatable bonds is 4. The van der Waals surface area contributed by atoms with Crippen LogP contribution in [0.15, 0.2) is 44.7 Å². The van der Waals surface area contributed by atoms with Crippen LogP contribution in [0.1, 0.15) is 23.9 Å². The van der Waals surface area contributed by atoms with E-state index in [1.165, 1.54) is 11.3 Å². The van der Waals surface area contributed by atoms with E-state index in [1.54, 1.807) is 31.2 Å². The van der Waals surface area contributed by atoms with Gasteiger partial charge in [0, 0.05) is 9.85 Å². The quantitative estimate of drug-likeness (QED) is 0.600. The van der Waals surface area contributed by atoms with Crippen LogP contribution in [-0.4, -0.2) is 27.0 Å². The molecule has 1 unspecified atom stereocenters. The summed E-state index contributed by atoms with van der Waals surface area (Å²) in [6, 6.07) is 9.85. The van der Waals surface area contributed by atoms with Crippen molar-refractivity contribution in [3.63, 3.8) is 0 Å². The number of nitrogens with zero attached hydrogens (tertiary/aromatic N) is 4. The molecule has 4 rings (SSSR count). The van der Waals surface area contributed by atoms with Crippen LogP contribution in [-0.2, 0) is 16.9 Å². The maximum absolute atomic E-state index is 13.0. The third-order valence-corrected chi connectivity index (χ3v) is 6.10. The largest absolute Gasteiger partial charge is 0.337 e. The predicted molar refractivity (Wildman–Crippen MR) is 103 cm³/mol. The molecule has 1 fully saturated rings. The summed E-state index contributed by atoms with van der Waals surface area (Å²) in [7, 11) is 0. The van der Waals surface area contributed by atoms with Gasteiger partial charge in [0.25, 0.3) is 5.91 Å². The van der Waals surface area contributed by atoms with Crippen molar-refractivity contribution in [2.75, 3.05) is 0 Å². The second-order valence-corrected chi connectivity index (χ2v) is 8.10.